The zero-order valence-electron chi connectivity index (χ0n) is 16.2. The summed E-state index contributed by atoms with van der Waals surface area (Å²) in [4.78, 5) is 26.8. The first kappa shape index (κ1) is 19.6. The predicted octanol–water partition coefficient (Wildman–Crippen LogP) is 3.09. The minimum atomic E-state index is -0.989. The molecule has 6 heteroatoms. The zero-order chi connectivity index (χ0) is 20.1. The highest BCUT2D eigenvalue weighted by molar-refractivity contribution is 5.97. The number of fused-ring (bicyclic) bond motifs is 1. The molecule has 146 valence electrons. The highest BCUT2D eigenvalue weighted by Crippen LogP contribution is 2.23. The number of primary amides is 1. The molecule has 3 rings (SSSR count). The third-order valence-electron chi connectivity index (χ3n) is 4.66. The molecule has 6 nitrogen and oxygen atoms in total. The smallest absolute Gasteiger partial charge is 0.405 e. The molecule has 0 aliphatic rings. The van der Waals surface area contributed by atoms with E-state index in [-0.39, 0.29) is 12.3 Å². The summed E-state index contributed by atoms with van der Waals surface area (Å²) < 4.78 is 6.77. The van der Waals surface area contributed by atoms with Crippen LogP contribution in [0.3, 0.4) is 0 Å². The van der Waals surface area contributed by atoms with Crippen molar-refractivity contribution in [3.05, 3.63) is 71.9 Å². The van der Waals surface area contributed by atoms with E-state index in [1.807, 2.05) is 74.9 Å². The predicted molar refractivity (Wildman–Crippen MR) is 109 cm³/mol. The monoisotopic (exact) mass is 379 g/mol. The Morgan fingerprint density at radius 2 is 1.75 bits per heavy atom. The molecule has 1 atom stereocenters. The summed E-state index contributed by atoms with van der Waals surface area (Å²) >= 11 is 0. The number of para-hydroxylation sites is 1. The average Bonchev–Trinajstić information content (AvgIpc) is 3.04. The van der Waals surface area contributed by atoms with Crippen LogP contribution in [0, 0.1) is 0 Å². The van der Waals surface area contributed by atoms with E-state index in [1.54, 1.807) is 4.57 Å². The summed E-state index contributed by atoms with van der Waals surface area (Å²) in [6.07, 6.45) is 0.977. The largest absolute Gasteiger partial charge is 0.436 e. The van der Waals surface area contributed by atoms with E-state index in [9.17, 15) is 9.59 Å². The number of nitrogens with zero attached hydrogens (tertiary/aromatic N) is 2. The molecule has 0 fully saturated rings. The van der Waals surface area contributed by atoms with Gasteiger partial charge in [-0.15, -0.1) is 0 Å². The summed E-state index contributed by atoms with van der Waals surface area (Å²) in [5.41, 5.74) is 8.01. The lowest BCUT2D eigenvalue weighted by molar-refractivity contribution is 0.0576. The van der Waals surface area contributed by atoms with Crippen molar-refractivity contribution in [3.63, 3.8) is 0 Å². The van der Waals surface area contributed by atoms with Crippen LogP contribution in [0.4, 0.5) is 4.79 Å². The van der Waals surface area contributed by atoms with Gasteiger partial charge in [-0.1, -0.05) is 48.5 Å². The Bertz CT molecular complexity index is 964. The van der Waals surface area contributed by atoms with E-state index in [0.717, 1.165) is 35.0 Å². The number of likely N-dealkylation sites (N-methyl/N-ethyl adjacent to an activating group) is 1. The van der Waals surface area contributed by atoms with Gasteiger partial charge < -0.3 is 15.4 Å². The van der Waals surface area contributed by atoms with Crippen molar-refractivity contribution < 1.29 is 14.3 Å². The van der Waals surface area contributed by atoms with Gasteiger partial charge in [0.2, 0.25) is 0 Å². The van der Waals surface area contributed by atoms with E-state index in [0.29, 0.717) is 0 Å². The topological polar surface area (TPSA) is 77.6 Å². The van der Waals surface area contributed by atoms with Crippen molar-refractivity contribution in [2.45, 2.75) is 18.9 Å². The van der Waals surface area contributed by atoms with Crippen LogP contribution in [0.5, 0.6) is 0 Å². The van der Waals surface area contributed by atoms with E-state index in [2.05, 4.69) is 4.90 Å². The minimum Gasteiger partial charge on any atom is -0.436 e. The molecule has 1 amide bonds. The lowest BCUT2D eigenvalue weighted by Crippen LogP contribution is -2.35. The first-order valence-corrected chi connectivity index (χ1v) is 9.23. The van der Waals surface area contributed by atoms with Gasteiger partial charge in [0.1, 0.15) is 0 Å². The fourth-order valence-corrected chi connectivity index (χ4v) is 3.28. The molecule has 0 radical (unpaired) electrons. The van der Waals surface area contributed by atoms with Gasteiger partial charge >= 0.3 is 6.09 Å². The number of nitrogens with two attached hydrogens (primary N) is 1. The molecular weight excluding hydrogens is 354 g/mol. The molecule has 3 aromatic rings. The van der Waals surface area contributed by atoms with Crippen molar-refractivity contribution in [1.29, 1.82) is 0 Å². The molecule has 0 spiro atoms. The number of benzene rings is 2. The van der Waals surface area contributed by atoms with Gasteiger partial charge in [-0.25, -0.2) is 4.79 Å². The van der Waals surface area contributed by atoms with Crippen LogP contribution >= 0.6 is 0 Å². The molecule has 0 saturated heterocycles. The van der Waals surface area contributed by atoms with Gasteiger partial charge in [0.05, 0.1) is 5.52 Å². The number of hydrogen-bond acceptors (Lipinski definition) is 4. The van der Waals surface area contributed by atoms with Crippen LogP contribution in [-0.2, 0) is 17.6 Å². The zero-order valence-corrected chi connectivity index (χ0v) is 16.2. The van der Waals surface area contributed by atoms with Crippen molar-refractivity contribution in [2.75, 3.05) is 20.6 Å². The maximum Gasteiger partial charge on any atom is 0.405 e. The number of amides is 1. The van der Waals surface area contributed by atoms with Gasteiger partial charge in [-0.2, -0.15) is 0 Å². The van der Waals surface area contributed by atoms with Crippen molar-refractivity contribution in [1.82, 2.24) is 9.47 Å². The number of aromatic nitrogens is 1. The average molecular weight is 379 g/mol. The molecule has 0 aliphatic heterocycles. The molecule has 0 bridgehead atoms. The molecule has 2 aromatic carbocycles. The molecule has 1 heterocycles. The third-order valence-corrected chi connectivity index (χ3v) is 4.66. The number of carbonyl (C=O) groups excluding carboxylic acids is 2. The number of hydrogen-bond donors (Lipinski definition) is 1. The Morgan fingerprint density at radius 1 is 1.07 bits per heavy atom. The van der Waals surface area contributed by atoms with Gasteiger partial charge in [-0.05, 0) is 37.7 Å². The Balaban J connectivity index is 1.95. The Hall–Kier alpha value is -3.12. The third kappa shape index (κ3) is 4.58. The fraction of sp³-hybridized carbons (Fsp3) is 0.273. The number of rotatable bonds is 7. The summed E-state index contributed by atoms with van der Waals surface area (Å²) in [5, 5.41) is 1.02. The van der Waals surface area contributed by atoms with Crippen LogP contribution in [0.1, 0.15) is 15.9 Å². The summed E-state index contributed by atoms with van der Waals surface area (Å²) in [5.74, 6) is -0.310. The summed E-state index contributed by atoms with van der Waals surface area (Å²) in [7, 11) is 4.03. The van der Waals surface area contributed by atoms with Crippen LogP contribution in [0.2, 0.25) is 0 Å². The molecule has 28 heavy (non-hydrogen) atoms. The number of carbonyl (C=O) groups is 2. The number of ether oxygens (including phenoxy) is 1. The molecule has 1 aromatic heterocycles. The molecule has 2 N–H and O–H groups in total. The van der Waals surface area contributed by atoms with Gasteiger partial charge in [-0.3, -0.25) is 9.36 Å². The van der Waals surface area contributed by atoms with E-state index < -0.39 is 12.2 Å². The van der Waals surface area contributed by atoms with E-state index in [4.69, 9.17) is 10.5 Å². The van der Waals surface area contributed by atoms with Crippen LogP contribution in [-0.4, -0.2) is 48.2 Å². The van der Waals surface area contributed by atoms with Gasteiger partial charge in [0.25, 0.3) is 5.91 Å². The quantitative estimate of drug-likeness (QED) is 0.684. The van der Waals surface area contributed by atoms with Crippen molar-refractivity contribution in [3.8, 4) is 0 Å². The highest BCUT2D eigenvalue weighted by Gasteiger charge is 2.26. The lowest BCUT2D eigenvalue weighted by Gasteiger charge is -2.16. The van der Waals surface area contributed by atoms with Gasteiger partial charge in [0, 0.05) is 24.5 Å². The second-order valence-electron chi connectivity index (χ2n) is 7.05. The lowest BCUT2D eigenvalue weighted by atomic mass is 10.1. The second-order valence-corrected chi connectivity index (χ2v) is 7.05. The van der Waals surface area contributed by atoms with E-state index >= 15 is 0 Å². The molecule has 1 unspecified atom stereocenters. The first-order valence-electron chi connectivity index (χ1n) is 9.23. The minimum absolute atomic E-state index is 0.266. The second kappa shape index (κ2) is 8.71. The van der Waals surface area contributed by atoms with Crippen LogP contribution in [0.15, 0.2) is 60.8 Å². The fourth-order valence-electron chi connectivity index (χ4n) is 3.28. The van der Waals surface area contributed by atoms with Crippen LogP contribution < -0.4 is 5.73 Å². The Kier molecular flexibility index (Phi) is 6.11. The van der Waals surface area contributed by atoms with Crippen LogP contribution in [0.25, 0.3) is 10.9 Å². The Morgan fingerprint density at radius 3 is 2.43 bits per heavy atom. The Labute approximate surface area is 164 Å². The maximum absolute atomic E-state index is 13.3. The molecular formula is C22H25N3O3. The summed E-state index contributed by atoms with van der Waals surface area (Å²) in [6.45, 7) is 0.868. The van der Waals surface area contributed by atoms with E-state index in [1.165, 1.54) is 0 Å². The maximum atomic E-state index is 13.3. The van der Waals surface area contributed by atoms with Crippen molar-refractivity contribution in [2.24, 2.45) is 5.73 Å². The molecule has 0 aliphatic carbocycles. The standard InChI is InChI=1S/C22H25N3O3/c1-24(2)13-12-17-15-25(19-11-7-6-10-18(17)19)21(26)20(28-22(23)27)14-16-8-4-3-5-9-16/h3-11,15,20H,12-14H2,1-2H3,(H2,23,27). The highest BCUT2D eigenvalue weighted by atomic mass is 16.6. The first-order chi connectivity index (χ1) is 13.5. The SMILES string of the molecule is CN(C)CCc1cn(C(=O)C(Cc2ccccc2)OC(N)=O)c2ccccc12. The van der Waals surface area contributed by atoms with Gasteiger partial charge in [0.15, 0.2) is 6.10 Å². The van der Waals surface area contributed by atoms with Crippen molar-refractivity contribution >= 4 is 22.9 Å². The normalized spacial score (nSPS) is 12.2. The summed E-state index contributed by atoms with van der Waals surface area (Å²) in [6, 6.07) is 17.2. The molecule has 0 saturated carbocycles.